The van der Waals surface area contributed by atoms with Gasteiger partial charge in [0.05, 0.1) is 25.3 Å². The second-order valence-corrected chi connectivity index (χ2v) is 6.81. The van der Waals surface area contributed by atoms with E-state index in [-0.39, 0.29) is 5.91 Å². The Morgan fingerprint density at radius 3 is 2.46 bits per heavy atom. The van der Waals surface area contributed by atoms with Crippen molar-refractivity contribution in [1.82, 2.24) is 4.98 Å². The van der Waals surface area contributed by atoms with E-state index in [2.05, 4.69) is 17.6 Å². The van der Waals surface area contributed by atoms with E-state index in [1.807, 2.05) is 50.2 Å². The molecule has 5 nitrogen and oxygen atoms in total. The molecule has 0 saturated carbocycles. The number of hydrogen-bond donors (Lipinski definition) is 1. The Bertz CT molecular complexity index is 1030. The molecule has 1 amide bonds. The molecule has 1 aromatic heterocycles. The summed E-state index contributed by atoms with van der Waals surface area (Å²) in [6.07, 6.45) is 1.71. The fourth-order valence-electron chi connectivity index (χ4n) is 3.63. The minimum absolute atomic E-state index is 0.0921. The monoisotopic (exact) mass is 394 g/mol. The van der Waals surface area contributed by atoms with E-state index in [0.717, 1.165) is 22.2 Å². The summed E-state index contributed by atoms with van der Waals surface area (Å²) >= 11 is 4.30. The molecule has 0 spiro atoms. The van der Waals surface area contributed by atoms with Crippen LogP contribution in [0.2, 0.25) is 0 Å². The number of carbonyl (C=O) groups excluding carboxylic acids is 1. The number of hydrogen-bond acceptors (Lipinski definition) is 5. The molecule has 3 aromatic rings. The van der Waals surface area contributed by atoms with Crippen molar-refractivity contribution in [3.63, 3.8) is 0 Å². The Morgan fingerprint density at radius 2 is 1.79 bits per heavy atom. The molecule has 2 aromatic carbocycles. The number of nitrogens with zero attached hydrogens (tertiary/aromatic N) is 2. The maximum Gasteiger partial charge on any atom is 0.262 e. The van der Waals surface area contributed by atoms with Crippen LogP contribution in [0, 0.1) is 0 Å². The van der Waals surface area contributed by atoms with E-state index in [4.69, 9.17) is 9.47 Å². The topological polar surface area (TPSA) is 51.7 Å². The molecule has 1 aliphatic rings. The molecule has 0 saturated heterocycles. The first-order valence-electron chi connectivity index (χ1n) is 9.40. The lowest BCUT2D eigenvalue weighted by molar-refractivity contribution is 0.0993. The summed E-state index contributed by atoms with van der Waals surface area (Å²) in [6.45, 7) is 5.25. The molecular weight excluding hydrogens is 372 g/mol. The van der Waals surface area contributed by atoms with E-state index in [1.165, 1.54) is 0 Å². The third-order valence-electron chi connectivity index (χ3n) is 4.85. The van der Waals surface area contributed by atoms with Crippen molar-refractivity contribution >= 4 is 35.1 Å². The molecule has 1 aliphatic heterocycles. The number of benzene rings is 2. The Balaban J connectivity index is 1.90. The number of thiol groups is 1. The Labute approximate surface area is 169 Å². The van der Waals surface area contributed by atoms with Crippen LogP contribution in [0.3, 0.4) is 0 Å². The number of anilines is 1. The van der Waals surface area contributed by atoms with Gasteiger partial charge in [0.2, 0.25) is 0 Å². The van der Waals surface area contributed by atoms with E-state index in [1.54, 1.807) is 11.1 Å². The fraction of sp³-hybridized carbons (Fsp3) is 0.273. The van der Waals surface area contributed by atoms with E-state index in [9.17, 15) is 4.79 Å². The van der Waals surface area contributed by atoms with E-state index >= 15 is 0 Å². The number of pyridine rings is 1. The minimum atomic E-state index is -0.0921. The highest BCUT2D eigenvalue weighted by Crippen LogP contribution is 2.45. The highest BCUT2D eigenvalue weighted by molar-refractivity contribution is 7.79. The van der Waals surface area contributed by atoms with Gasteiger partial charge >= 0.3 is 0 Å². The Hall–Kier alpha value is -2.73. The summed E-state index contributed by atoms with van der Waals surface area (Å²) in [5.41, 5.74) is 4.01. The van der Waals surface area contributed by atoms with Crippen molar-refractivity contribution in [2.24, 2.45) is 0 Å². The zero-order valence-electron chi connectivity index (χ0n) is 15.9. The van der Waals surface area contributed by atoms with Crippen LogP contribution in [0.15, 0.2) is 42.6 Å². The zero-order chi connectivity index (χ0) is 19.7. The normalized spacial score (nSPS) is 13.1. The molecule has 0 aliphatic carbocycles. The largest absolute Gasteiger partial charge is 0.493 e. The number of amides is 1. The van der Waals surface area contributed by atoms with Gasteiger partial charge in [-0.3, -0.25) is 9.78 Å². The Kier molecular flexibility index (Phi) is 5.13. The fourth-order valence-corrected chi connectivity index (χ4v) is 3.84. The maximum atomic E-state index is 13.4. The second-order valence-electron chi connectivity index (χ2n) is 6.49. The van der Waals surface area contributed by atoms with E-state index in [0.29, 0.717) is 48.1 Å². The van der Waals surface area contributed by atoms with Gasteiger partial charge in [0, 0.05) is 28.6 Å². The smallest absolute Gasteiger partial charge is 0.262 e. The summed E-state index contributed by atoms with van der Waals surface area (Å²) in [5, 5.41) is 0.867. The predicted octanol–water partition coefficient (Wildman–Crippen LogP) is 4.62. The predicted molar refractivity (Wildman–Crippen MR) is 114 cm³/mol. The van der Waals surface area contributed by atoms with Crippen molar-refractivity contribution in [1.29, 1.82) is 0 Å². The third kappa shape index (κ3) is 2.98. The SMILES string of the molecule is CCOc1c2c(c(OCC)c3ncccc13)C(=O)N(c1ccc(CS)cc1)C2. The van der Waals surface area contributed by atoms with Gasteiger partial charge in [-0.05, 0) is 43.7 Å². The van der Waals surface area contributed by atoms with Crippen LogP contribution in [0.1, 0.15) is 35.3 Å². The number of ether oxygens (including phenoxy) is 2. The highest BCUT2D eigenvalue weighted by atomic mass is 32.1. The van der Waals surface area contributed by atoms with Gasteiger partial charge in [-0.2, -0.15) is 12.6 Å². The number of fused-ring (bicyclic) bond motifs is 2. The number of aromatic nitrogens is 1. The number of rotatable bonds is 6. The first-order valence-corrected chi connectivity index (χ1v) is 10.0. The van der Waals surface area contributed by atoms with Crippen molar-refractivity contribution in [2.75, 3.05) is 18.1 Å². The minimum Gasteiger partial charge on any atom is -0.493 e. The molecule has 6 heteroatoms. The first-order chi connectivity index (χ1) is 13.7. The molecule has 0 N–H and O–H groups in total. The van der Waals surface area contributed by atoms with Gasteiger partial charge < -0.3 is 14.4 Å². The second kappa shape index (κ2) is 7.72. The lowest BCUT2D eigenvalue weighted by Gasteiger charge is -2.16. The summed E-state index contributed by atoms with van der Waals surface area (Å²) in [4.78, 5) is 19.6. The Morgan fingerprint density at radius 1 is 1.07 bits per heavy atom. The molecule has 0 fully saturated rings. The van der Waals surface area contributed by atoms with Gasteiger partial charge in [0.1, 0.15) is 11.3 Å². The zero-order valence-corrected chi connectivity index (χ0v) is 16.8. The van der Waals surface area contributed by atoms with Crippen LogP contribution in [0.4, 0.5) is 5.69 Å². The summed E-state index contributed by atoms with van der Waals surface area (Å²) < 4.78 is 11.9. The lowest BCUT2D eigenvalue weighted by Crippen LogP contribution is -2.23. The molecule has 0 atom stereocenters. The molecule has 4 rings (SSSR count). The van der Waals surface area contributed by atoms with Crippen LogP contribution < -0.4 is 14.4 Å². The van der Waals surface area contributed by atoms with Gasteiger partial charge in [-0.1, -0.05) is 12.1 Å². The van der Waals surface area contributed by atoms with Gasteiger partial charge in [0.15, 0.2) is 5.75 Å². The van der Waals surface area contributed by atoms with Crippen molar-refractivity contribution < 1.29 is 14.3 Å². The van der Waals surface area contributed by atoms with Crippen LogP contribution in [0.25, 0.3) is 10.9 Å². The maximum absolute atomic E-state index is 13.4. The van der Waals surface area contributed by atoms with Gasteiger partial charge in [0.25, 0.3) is 5.91 Å². The first kappa shape index (κ1) is 18.6. The summed E-state index contributed by atoms with van der Waals surface area (Å²) in [5.74, 6) is 1.82. The van der Waals surface area contributed by atoms with Gasteiger partial charge in [-0.25, -0.2) is 0 Å². The molecule has 0 unspecified atom stereocenters. The van der Waals surface area contributed by atoms with Crippen molar-refractivity contribution in [3.05, 3.63) is 59.3 Å². The molecule has 0 bridgehead atoms. The number of carbonyl (C=O) groups is 1. The van der Waals surface area contributed by atoms with Crippen LogP contribution in [-0.2, 0) is 12.3 Å². The van der Waals surface area contributed by atoms with Crippen LogP contribution in [0.5, 0.6) is 11.5 Å². The van der Waals surface area contributed by atoms with Gasteiger partial charge in [-0.15, -0.1) is 0 Å². The molecule has 0 radical (unpaired) electrons. The molecule has 144 valence electrons. The van der Waals surface area contributed by atoms with Crippen LogP contribution in [-0.4, -0.2) is 24.1 Å². The van der Waals surface area contributed by atoms with Crippen molar-refractivity contribution in [3.8, 4) is 11.5 Å². The molecule has 28 heavy (non-hydrogen) atoms. The quantitative estimate of drug-likeness (QED) is 0.620. The average Bonchev–Trinajstić information content (AvgIpc) is 3.07. The molecule has 2 heterocycles. The van der Waals surface area contributed by atoms with E-state index < -0.39 is 0 Å². The average molecular weight is 394 g/mol. The highest BCUT2D eigenvalue weighted by Gasteiger charge is 2.37. The lowest BCUT2D eigenvalue weighted by atomic mass is 10.0. The van der Waals surface area contributed by atoms with Crippen LogP contribution >= 0.6 is 12.6 Å². The standard InChI is InChI=1S/C22H22N2O3S/c1-3-26-20-16-6-5-11-23-19(16)21(27-4-2)18-17(20)12-24(22(18)25)15-9-7-14(13-28)8-10-15/h5-11,28H,3-4,12-13H2,1-2H3. The summed E-state index contributed by atoms with van der Waals surface area (Å²) in [6, 6.07) is 11.7. The summed E-state index contributed by atoms with van der Waals surface area (Å²) in [7, 11) is 0. The van der Waals surface area contributed by atoms with Crippen molar-refractivity contribution in [2.45, 2.75) is 26.1 Å². The third-order valence-corrected chi connectivity index (χ3v) is 5.22. The molecular formula is C22H22N2O3S.